The predicted octanol–water partition coefficient (Wildman–Crippen LogP) is 5.98. The van der Waals surface area contributed by atoms with E-state index in [-0.39, 0.29) is 12.1 Å². The molecule has 4 aromatic rings. The Morgan fingerprint density at radius 3 is 2.37 bits per heavy atom. The Labute approximate surface area is 212 Å². The summed E-state index contributed by atoms with van der Waals surface area (Å²) in [5.41, 5.74) is 8.24. The number of nitrogens with zero attached hydrogens (tertiary/aromatic N) is 3. The normalized spacial score (nSPS) is 17.5. The van der Waals surface area contributed by atoms with Crippen LogP contribution in [0.1, 0.15) is 45.9 Å². The van der Waals surface area contributed by atoms with Crippen LogP contribution < -0.4 is 10.1 Å². The third-order valence-electron chi connectivity index (χ3n) is 6.79. The van der Waals surface area contributed by atoms with Crippen molar-refractivity contribution in [3.63, 3.8) is 0 Å². The Hall–Kier alpha value is -3.64. The summed E-state index contributed by atoms with van der Waals surface area (Å²) in [6.45, 7) is 7.17. The minimum Gasteiger partial charge on any atom is -0.497 e. The minimum absolute atomic E-state index is 0.00454. The fourth-order valence-corrected chi connectivity index (χ4v) is 5.33. The summed E-state index contributed by atoms with van der Waals surface area (Å²) in [4.78, 5) is 6.98. The molecule has 0 spiro atoms. The van der Waals surface area contributed by atoms with E-state index in [1.54, 1.807) is 7.11 Å². The molecule has 3 heterocycles. The molecule has 0 saturated carbocycles. The SMILES string of the molecule is COc1ccc(CN2C(=S)N[C@H](c3ccccn3)[C@@H]2c2cc(C)n(-c3ccc(C)cc3)c2C)cc1. The van der Waals surface area contributed by atoms with Gasteiger partial charge in [-0.25, -0.2) is 0 Å². The van der Waals surface area contributed by atoms with E-state index in [2.05, 4.69) is 89.1 Å². The topological polar surface area (TPSA) is 42.3 Å². The predicted molar refractivity (Wildman–Crippen MR) is 144 cm³/mol. The average Bonchev–Trinajstić information content (AvgIpc) is 3.35. The summed E-state index contributed by atoms with van der Waals surface area (Å²) in [5.74, 6) is 0.848. The number of nitrogens with one attached hydrogen (secondary N) is 1. The first-order valence-electron chi connectivity index (χ1n) is 11.8. The third kappa shape index (κ3) is 4.42. The van der Waals surface area contributed by atoms with Gasteiger partial charge in [-0.05, 0) is 86.6 Å². The van der Waals surface area contributed by atoms with Crippen molar-refractivity contribution in [2.45, 2.75) is 39.4 Å². The lowest BCUT2D eigenvalue weighted by Gasteiger charge is -2.28. The minimum atomic E-state index is -0.0473. The molecule has 0 radical (unpaired) electrons. The number of hydrogen-bond donors (Lipinski definition) is 1. The lowest BCUT2D eigenvalue weighted by Crippen LogP contribution is -2.29. The highest BCUT2D eigenvalue weighted by molar-refractivity contribution is 7.80. The van der Waals surface area contributed by atoms with E-state index in [1.807, 2.05) is 30.5 Å². The smallest absolute Gasteiger partial charge is 0.170 e. The second kappa shape index (κ2) is 9.55. The molecule has 1 aliphatic heterocycles. The lowest BCUT2D eigenvalue weighted by atomic mass is 9.96. The van der Waals surface area contributed by atoms with E-state index >= 15 is 0 Å². The maximum atomic E-state index is 5.89. The first-order valence-corrected chi connectivity index (χ1v) is 12.2. The first kappa shape index (κ1) is 23.1. The molecule has 178 valence electrons. The van der Waals surface area contributed by atoms with Gasteiger partial charge in [0.1, 0.15) is 5.75 Å². The quantitative estimate of drug-likeness (QED) is 0.343. The molecule has 5 nitrogen and oxygen atoms in total. The Balaban J connectivity index is 1.59. The second-order valence-electron chi connectivity index (χ2n) is 9.10. The van der Waals surface area contributed by atoms with E-state index in [0.29, 0.717) is 6.54 Å². The van der Waals surface area contributed by atoms with Crippen molar-refractivity contribution < 1.29 is 4.74 Å². The van der Waals surface area contributed by atoms with E-state index in [4.69, 9.17) is 17.0 Å². The zero-order valence-electron chi connectivity index (χ0n) is 20.5. The average molecular weight is 483 g/mol. The number of aryl methyl sites for hydroxylation is 2. The molecule has 2 atom stereocenters. The number of rotatable bonds is 6. The van der Waals surface area contributed by atoms with Crippen LogP contribution in [0.5, 0.6) is 5.75 Å². The lowest BCUT2D eigenvalue weighted by molar-refractivity contribution is 0.310. The maximum absolute atomic E-state index is 5.89. The highest BCUT2D eigenvalue weighted by Gasteiger charge is 2.41. The van der Waals surface area contributed by atoms with Crippen LogP contribution in [0.25, 0.3) is 5.69 Å². The first-order chi connectivity index (χ1) is 17.0. The van der Waals surface area contributed by atoms with Crippen molar-refractivity contribution in [2.24, 2.45) is 0 Å². The molecule has 1 fully saturated rings. The van der Waals surface area contributed by atoms with Crippen molar-refractivity contribution in [3.8, 4) is 11.4 Å². The Morgan fingerprint density at radius 2 is 1.71 bits per heavy atom. The Morgan fingerprint density at radius 1 is 0.971 bits per heavy atom. The van der Waals surface area contributed by atoms with Crippen molar-refractivity contribution in [1.82, 2.24) is 19.8 Å². The van der Waals surface area contributed by atoms with Gasteiger partial charge in [-0.15, -0.1) is 0 Å². The highest BCUT2D eigenvalue weighted by Crippen LogP contribution is 2.42. The van der Waals surface area contributed by atoms with Gasteiger partial charge in [0.25, 0.3) is 0 Å². The van der Waals surface area contributed by atoms with Gasteiger partial charge >= 0.3 is 0 Å². The third-order valence-corrected chi connectivity index (χ3v) is 7.14. The molecule has 1 aliphatic rings. The summed E-state index contributed by atoms with van der Waals surface area (Å²) in [7, 11) is 1.69. The van der Waals surface area contributed by atoms with Crippen molar-refractivity contribution in [1.29, 1.82) is 0 Å². The molecule has 5 rings (SSSR count). The molecule has 2 aromatic heterocycles. The fourth-order valence-electron chi connectivity index (χ4n) is 5.02. The molecule has 0 bridgehead atoms. The molecular formula is C29H30N4OS. The summed E-state index contributed by atoms with van der Waals surface area (Å²) in [6.07, 6.45) is 1.85. The van der Waals surface area contributed by atoms with Crippen LogP contribution in [-0.4, -0.2) is 26.7 Å². The van der Waals surface area contributed by atoms with Crippen molar-refractivity contribution in [3.05, 3.63) is 113 Å². The summed E-state index contributed by atoms with van der Waals surface area (Å²) in [5, 5.41) is 4.31. The maximum Gasteiger partial charge on any atom is 0.170 e. The fraction of sp³-hybridized carbons (Fsp3) is 0.241. The standard InChI is InChI=1S/C29H30N4OS/c1-19-8-12-23(13-9-19)33-20(2)17-25(21(33)3)28-27(26-7-5-6-16-30-26)31-29(35)32(28)18-22-10-14-24(34-4)15-11-22/h5-17,27-28H,18H2,1-4H3,(H,31,35)/t27-,28+/m1/s1. The van der Waals surface area contributed by atoms with Gasteiger partial charge in [0, 0.05) is 29.8 Å². The van der Waals surface area contributed by atoms with Crippen LogP contribution in [0.3, 0.4) is 0 Å². The summed E-state index contributed by atoms with van der Waals surface area (Å²) < 4.78 is 7.67. The number of benzene rings is 2. The Bertz CT molecular complexity index is 1330. The molecule has 6 heteroatoms. The van der Waals surface area contributed by atoms with Gasteiger partial charge in [-0.3, -0.25) is 4.98 Å². The van der Waals surface area contributed by atoms with Crippen molar-refractivity contribution in [2.75, 3.05) is 7.11 Å². The zero-order valence-corrected chi connectivity index (χ0v) is 21.3. The highest BCUT2D eigenvalue weighted by atomic mass is 32.1. The summed E-state index contributed by atoms with van der Waals surface area (Å²) >= 11 is 5.89. The molecule has 1 N–H and O–H groups in total. The molecule has 0 unspecified atom stereocenters. The number of ether oxygens (including phenoxy) is 1. The van der Waals surface area contributed by atoms with Gasteiger partial charge in [-0.1, -0.05) is 35.9 Å². The van der Waals surface area contributed by atoms with Crippen LogP contribution in [0.4, 0.5) is 0 Å². The van der Waals surface area contributed by atoms with Gasteiger partial charge in [0.05, 0.1) is 24.9 Å². The molecular weight excluding hydrogens is 452 g/mol. The van der Waals surface area contributed by atoms with Crippen LogP contribution in [0.2, 0.25) is 0 Å². The zero-order chi connectivity index (χ0) is 24.5. The number of methoxy groups -OCH3 is 1. The van der Waals surface area contributed by atoms with Crippen LogP contribution in [-0.2, 0) is 6.54 Å². The number of aromatic nitrogens is 2. The van der Waals surface area contributed by atoms with Gasteiger partial charge < -0.3 is 19.5 Å². The van der Waals surface area contributed by atoms with E-state index in [0.717, 1.165) is 16.6 Å². The Kier molecular flexibility index (Phi) is 6.31. The van der Waals surface area contributed by atoms with E-state index in [1.165, 1.54) is 33.8 Å². The van der Waals surface area contributed by atoms with Gasteiger partial charge in [0.2, 0.25) is 0 Å². The molecule has 1 saturated heterocycles. The van der Waals surface area contributed by atoms with E-state index in [9.17, 15) is 0 Å². The van der Waals surface area contributed by atoms with E-state index < -0.39 is 0 Å². The van der Waals surface area contributed by atoms with Gasteiger partial charge in [-0.2, -0.15) is 0 Å². The number of pyridine rings is 1. The second-order valence-corrected chi connectivity index (χ2v) is 9.49. The largest absolute Gasteiger partial charge is 0.497 e. The van der Waals surface area contributed by atoms with Crippen molar-refractivity contribution >= 4 is 17.3 Å². The number of hydrogen-bond acceptors (Lipinski definition) is 3. The van der Waals surface area contributed by atoms with Gasteiger partial charge in [0.15, 0.2) is 5.11 Å². The summed E-state index contributed by atoms with van der Waals surface area (Å²) in [6, 6.07) is 25.2. The molecule has 0 aliphatic carbocycles. The number of thiocarbonyl (C=S) groups is 1. The molecule has 2 aromatic carbocycles. The van der Waals surface area contributed by atoms with Crippen LogP contribution in [0.15, 0.2) is 79.0 Å². The monoisotopic (exact) mass is 482 g/mol. The molecule has 0 amide bonds. The van der Waals surface area contributed by atoms with Crippen LogP contribution >= 0.6 is 12.2 Å². The van der Waals surface area contributed by atoms with Crippen LogP contribution in [0, 0.1) is 20.8 Å². The molecule has 35 heavy (non-hydrogen) atoms.